The largest absolute Gasteiger partial charge is 0.475 e. The van der Waals surface area contributed by atoms with Crippen LogP contribution in [0.1, 0.15) is 16.2 Å². The number of aryl methyl sites for hydroxylation is 1. The Morgan fingerprint density at radius 1 is 1.53 bits per heavy atom. The van der Waals surface area contributed by atoms with Gasteiger partial charge in [-0.05, 0) is 12.1 Å². The van der Waals surface area contributed by atoms with Crippen molar-refractivity contribution in [1.82, 2.24) is 9.78 Å². The Labute approximate surface area is 97.9 Å². The molecular formula is C11H13N3O3. The number of hydrogen-bond donors (Lipinski definition) is 2. The van der Waals surface area contributed by atoms with Gasteiger partial charge in [0.25, 0.3) is 0 Å². The molecule has 0 aliphatic heterocycles. The highest BCUT2D eigenvalue weighted by molar-refractivity contribution is 5.84. The molecule has 0 aromatic carbocycles. The number of furan rings is 1. The molecule has 2 heterocycles. The zero-order valence-corrected chi connectivity index (χ0v) is 9.38. The lowest BCUT2D eigenvalue weighted by molar-refractivity contribution is 0.0663. The standard InChI is InChI=1S/C11H13N3O3/c1-14-7-5-8(13-14)4-6-12-10-3-2-9(17-10)11(15)16/h2-3,5,7,12H,4,6H2,1H3,(H,15,16). The van der Waals surface area contributed by atoms with Crippen molar-refractivity contribution in [2.45, 2.75) is 6.42 Å². The number of aromatic nitrogens is 2. The number of carboxylic acids is 1. The van der Waals surface area contributed by atoms with E-state index in [0.29, 0.717) is 12.4 Å². The van der Waals surface area contributed by atoms with Gasteiger partial charge < -0.3 is 14.8 Å². The zero-order chi connectivity index (χ0) is 12.3. The van der Waals surface area contributed by atoms with Gasteiger partial charge in [0, 0.05) is 32.3 Å². The summed E-state index contributed by atoms with van der Waals surface area (Å²) in [5.41, 5.74) is 0.977. The maximum Gasteiger partial charge on any atom is 0.371 e. The first kappa shape index (κ1) is 11.3. The SMILES string of the molecule is Cn1ccc(CCNc2ccc(C(=O)O)o2)n1. The Hall–Kier alpha value is -2.24. The summed E-state index contributed by atoms with van der Waals surface area (Å²) in [6, 6.07) is 4.96. The van der Waals surface area contributed by atoms with Crippen molar-refractivity contribution >= 4 is 11.9 Å². The average molecular weight is 235 g/mol. The second-order valence-electron chi connectivity index (χ2n) is 3.63. The van der Waals surface area contributed by atoms with E-state index in [1.807, 2.05) is 19.3 Å². The van der Waals surface area contributed by atoms with Crippen LogP contribution in [-0.4, -0.2) is 27.4 Å². The monoisotopic (exact) mass is 235 g/mol. The molecule has 2 N–H and O–H groups in total. The molecule has 90 valence electrons. The molecule has 2 aromatic rings. The highest BCUT2D eigenvalue weighted by Gasteiger charge is 2.08. The van der Waals surface area contributed by atoms with Gasteiger partial charge in [-0.3, -0.25) is 4.68 Å². The van der Waals surface area contributed by atoms with E-state index in [-0.39, 0.29) is 5.76 Å². The normalized spacial score (nSPS) is 10.4. The van der Waals surface area contributed by atoms with E-state index in [4.69, 9.17) is 9.52 Å². The van der Waals surface area contributed by atoms with Crippen molar-refractivity contribution in [3.05, 3.63) is 35.9 Å². The smallest absolute Gasteiger partial charge is 0.371 e. The molecule has 0 saturated heterocycles. The van der Waals surface area contributed by atoms with Crippen molar-refractivity contribution in [3.63, 3.8) is 0 Å². The fraction of sp³-hybridized carbons (Fsp3) is 0.273. The Morgan fingerprint density at radius 3 is 2.94 bits per heavy atom. The quantitative estimate of drug-likeness (QED) is 0.818. The molecule has 0 aliphatic rings. The number of nitrogens with one attached hydrogen (secondary N) is 1. The van der Waals surface area contributed by atoms with E-state index in [9.17, 15) is 4.79 Å². The van der Waals surface area contributed by atoms with Gasteiger partial charge >= 0.3 is 5.97 Å². The molecule has 0 spiro atoms. The molecular weight excluding hydrogens is 222 g/mol. The van der Waals surface area contributed by atoms with Crippen molar-refractivity contribution in [2.24, 2.45) is 7.05 Å². The Kier molecular flexibility index (Phi) is 3.13. The van der Waals surface area contributed by atoms with E-state index < -0.39 is 5.97 Å². The van der Waals surface area contributed by atoms with Crippen LogP contribution in [0.25, 0.3) is 0 Å². The molecule has 6 nitrogen and oxygen atoms in total. The summed E-state index contributed by atoms with van der Waals surface area (Å²) < 4.78 is 6.79. The number of hydrogen-bond acceptors (Lipinski definition) is 4. The summed E-state index contributed by atoms with van der Waals surface area (Å²) in [5, 5.41) is 15.9. The molecule has 0 fully saturated rings. The molecule has 0 aliphatic carbocycles. The predicted octanol–water partition coefficient (Wildman–Crippen LogP) is 1.37. The molecule has 17 heavy (non-hydrogen) atoms. The van der Waals surface area contributed by atoms with Crippen molar-refractivity contribution < 1.29 is 14.3 Å². The molecule has 6 heteroatoms. The molecule has 0 unspecified atom stereocenters. The first-order valence-electron chi connectivity index (χ1n) is 5.20. The second kappa shape index (κ2) is 4.73. The minimum absolute atomic E-state index is 0.0645. The molecule has 0 radical (unpaired) electrons. The maximum absolute atomic E-state index is 10.6. The number of anilines is 1. The molecule has 0 bridgehead atoms. The number of nitrogens with zero attached hydrogens (tertiary/aromatic N) is 2. The summed E-state index contributed by atoms with van der Waals surface area (Å²) in [4.78, 5) is 10.6. The first-order chi connectivity index (χ1) is 8.15. The van der Waals surface area contributed by atoms with E-state index in [1.165, 1.54) is 6.07 Å². The lowest BCUT2D eigenvalue weighted by Crippen LogP contribution is -2.05. The number of rotatable bonds is 5. The van der Waals surface area contributed by atoms with Gasteiger partial charge in [-0.15, -0.1) is 0 Å². The van der Waals surface area contributed by atoms with Crippen LogP contribution in [0, 0.1) is 0 Å². The van der Waals surface area contributed by atoms with Crippen molar-refractivity contribution in [2.75, 3.05) is 11.9 Å². The predicted molar refractivity (Wildman–Crippen MR) is 61.1 cm³/mol. The Bertz CT molecular complexity index is 516. The first-order valence-corrected chi connectivity index (χ1v) is 5.20. The van der Waals surface area contributed by atoms with Crippen LogP contribution < -0.4 is 5.32 Å². The minimum atomic E-state index is -1.07. The third-order valence-corrected chi connectivity index (χ3v) is 2.27. The van der Waals surface area contributed by atoms with Crippen LogP contribution in [-0.2, 0) is 13.5 Å². The fourth-order valence-corrected chi connectivity index (χ4v) is 1.46. The van der Waals surface area contributed by atoms with E-state index in [1.54, 1.807) is 10.7 Å². The van der Waals surface area contributed by atoms with Crippen LogP contribution in [0.3, 0.4) is 0 Å². The average Bonchev–Trinajstić information content (AvgIpc) is 2.88. The van der Waals surface area contributed by atoms with Crippen LogP contribution in [0.2, 0.25) is 0 Å². The van der Waals surface area contributed by atoms with Crippen LogP contribution in [0.15, 0.2) is 28.8 Å². The Morgan fingerprint density at radius 2 is 2.35 bits per heavy atom. The van der Waals surface area contributed by atoms with E-state index >= 15 is 0 Å². The van der Waals surface area contributed by atoms with Gasteiger partial charge in [0.15, 0.2) is 5.88 Å². The maximum atomic E-state index is 10.6. The summed E-state index contributed by atoms with van der Waals surface area (Å²) in [5.74, 6) is -0.675. The van der Waals surface area contributed by atoms with Crippen LogP contribution in [0.5, 0.6) is 0 Å². The topological polar surface area (TPSA) is 80.3 Å². The number of carbonyl (C=O) groups is 1. The highest BCUT2D eigenvalue weighted by atomic mass is 16.4. The summed E-state index contributed by atoms with van der Waals surface area (Å²) >= 11 is 0. The lowest BCUT2D eigenvalue weighted by Gasteiger charge is -2.00. The second-order valence-corrected chi connectivity index (χ2v) is 3.63. The number of aromatic carboxylic acids is 1. The van der Waals surface area contributed by atoms with E-state index in [0.717, 1.165) is 12.1 Å². The molecule has 0 saturated carbocycles. The molecule has 2 aromatic heterocycles. The van der Waals surface area contributed by atoms with E-state index in [2.05, 4.69) is 10.4 Å². The minimum Gasteiger partial charge on any atom is -0.475 e. The van der Waals surface area contributed by atoms with Crippen LogP contribution >= 0.6 is 0 Å². The summed E-state index contributed by atoms with van der Waals surface area (Å²) in [7, 11) is 1.86. The van der Waals surface area contributed by atoms with Crippen LogP contribution in [0.4, 0.5) is 5.88 Å². The molecule has 0 amide bonds. The van der Waals surface area contributed by atoms with Gasteiger partial charge in [-0.25, -0.2) is 4.79 Å². The van der Waals surface area contributed by atoms with Gasteiger partial charge in [0.1, 0.15) is 0 Å². The van der Waals surface area contributed by atoms with Gasteiger partial charge in [-0.1, -0.05) is 0 Å². The lowest BCUT2D eigenvalue weighted by atomic mass is 10.3. The highest BCUT2D eigenvalue weighted by Crippen LogP contribution is 2.12. The molecule has 0 atom stereocenters. The summed E-state index contributed by atoms with van der Waals surface area (Å²) in [6.45, 7) is 0.642. The van der Waals surface area contributed by atoms with Gasteiger partial charge in [0.2, 0.25) is 5.76 Å². The Balaban J connectivity index is 1.83. The fourth-order valence-electron chi connectivity index (χ4n) is 1.46. The summed E-state index contributed by atoms with van der Waals surface area (Å²) in [6.07, 6.45) is 2.63. The third-order valence-electron chi connectivity index (χ3n) is 2.27. The van der Waals surface area contributed by atoms with Crippen molar-refractivity contribution in [1.29, 1.82) is 0 Å². The number of carboxylic acid groups (broad SMARTS) is 1. The van der Waals surface area contributed by atoms with Gasteiger partial charge in [0.05, 0.1) is 5.69 Å². The zero-order valence-electron chi connectivity index (χ0n) is 9.38. The molecule has 2 rings (SSSR count). The van der Waals surface area contributed by atoms with Crippen molar-refractivity contribution in [3.8, 4) is 0 Å². The third kappa shape index (κ3) is 2.87. The van der Waals surface area contributed by atoms with Gasteiger partial charge in [-0.2, -0.15) is 5.10 Å².